The van der Waals surface area contributed by atoms with Gasteiger partial charge in [-0.2, -0.15) is 0 Å². The lowest BCUT2D eigenvalue weighted by Crippen LogP contribution is -2.29. The highest BCUT2D eigenvalue weighted by Crippen LogP contribution is 2.32. The average Bonchev–Trinajstić information content (AvgIpc) is 3.48. The molecule has 0 radical (unpaired) electrons. The number of aromatic nitrogens is 2. The molecule has 1 aromatic heterocycles. The maximum atomic E-state index is 13.3. The Kier molecular flexibility index (Phi) is 6.83. The van der Waals surface area contributed by atoms with E-state index in [0.29, 0.717) is 30.0 Å². The molecule has 0 bridgehead atoms. The largest absolute Gasteiger partial charge is 0.452 e. The number of carbonyl (C=O) groups is 2. The first-order chi connectivity index (χ1) is 18.7. The SMILES string of the molecule is Cc1c(NC(=O)COC(=O)c2cccc(S(=O)(=O)N3CCc4ccccc43)c2)c(=O)n(-c2ccccc2)n1C. The average molecular weight is 547 g/mol. The van der Waals surface area contributed by atoms with Gasteiger partial charge in [-0.3, -0.25) is 18.6 Å². The summed E-state index contributed by atoms with van der Waals surface area (Å²) in [6, 6.07) is 21.7. The van der Waals surface area contributed by atoms with Gasteiger partial charge in [0.1, 0.15) is 5.69 Å². The first kappa shape index (κ1) is 26.0. The van der Waals surface area contributed by atoms with E-state index >= 15 is 0 Å². The molecule has 0 spiro atoms. The number of rotatable bonds is 7. The van der Waals surface area contributed by atoms with Crippen LogP contribution < -0.4 is 15.2 Å². The number of sulfonamides is 1. The third-order valence-corrected chi connectivity index (χ3v) is 8.46. The van der Waals surface area contributed by atoms with Crippen molar-refractivity contribution in [2.75, 3.05) is 22.8 Å². The predicted octanol–water partition coefficient (Wildman–Crippen LogP) is 3.03. The number of esters is 1. The molecule has 0 saturated carbocycles. The van der Waals surface area contributed by atoms with E-state index in [1.807, 2.05) is 18.2 Å². The van der Waals surface area contributed by atoms with E-state index in [0.717, 1.165) is 5.56 Å². The summed E-state index contributed by atoms with van der Waals surface area (Å²) in [4.78, 5) is 38.2. The summed E-state index contributed by atoms with van der Waals surface area (Å²) >= 11 is 0. The molecule has 11 heteroatoms. The standard InChI is InChI=1S/C28H26N4O6S/c1-19-26(27(34)32(30(19)2)22-11-4-3-5-12-22)29-25(33)18-38-28(35)21-10-8-13-23(17-21)39(36,37)31-16-15-20-9-6-7-14-24(20)31/h3-14,17H,15-16,18H2,1-2H3,(H,29,33). The number of carbonyl (C=O) groups excluding carboxylic acids is 2. The van der Waals surface area contributed by atoms with E-state index in [2.05, 4.69) is 5.32 Å². The number of para-hydroxylation sites is 2. The lowest BCUT2D eigenvalue weighted by Gasteiger charge is -2.19. The van der Waals surface area contributed by atoms with Crippen LogP contribution in [-0.2, 0) is 33.0 Å². The van der Waals surface area contributed by atoms with Gasteiger partial charge in [0.25, 0.3) is 21.5 Å². The summed E-state index contributed by atoms with van der Waals surface area (Å²) in [5, 5.41) is 2.53. The Morgan fingerprint density at radius 1 is 0.974 bits per heavy atom. The molecule has 3 aromatic carbocycles. The molecule has 0 atom stereocenters. The molecule has 0 fully saturated rings. The number of benzene rings is 3. The number of ether oxygens (including phenoxy) is 1. The topological polar surface area (TPSA) is 120 Å². The summed E-state index contributed by atoms with van der Waals surface area (Å²) in [5.74, 6) is -1.57. The van der Waals surface area contributed by atoms with E-state index in [1.54, 1.807) is 55.1 Å². The second-order valence-electron chi connectivity index (χ2n) is 9.04. The molecular formula is C28H26N4O6S. The van der Waals surface area contributed by atoms with Crippen LogP contribution >= 0.6 is 0 Å². The molecule has 5 rings (SSSR count). The highest BCUT2D eigenvalue weighted by atomic mass is 32.2. The molecule has 200 valence electrons. The van der Waals surface area contributed by atoms with Crippen molar-refractivity contribution in [3.8, 4) is 5.69 Å². The van der Waals surface area contributed by atoms with E-state index in [4.69, 9.17) is 4.74 Å². The van der Waals surface area contributed by atoms with Crippen molar-refractivity contribution in [2.24, 2.45) is 7.05 Å². The number of fused-ring (bicyclic) bond motifs is 1. The number of amides is 1. The zero-order valence-corrected chi connectivity index (χ0v) is 22.1. The fraction of sp³-hybridized carbons (Fsp3) is 0.179. The second-order valence-corrected chi connectivity index (χ2v) is 10.9. The van der Waals surface area contributed by atoms with Crippen LogP contribution in [0.4, 0.5) is 11.4 Å². The Bertz CT molecular complexity index is 1740. The van der Waals surface area contributed by atoms with Crippen LogP contribution in [0.1, 0.15) is 21.6 Å². The minimum atomic E-state index is -3.91. The van der Waals surface area contributed by atoms with Gasteiger partial charge >= 0.3 is 5.97 Å². The first-order valence-electron chi connectivity index (χ1n) is 12.2. The maximum absolute atomic E-state index is 13.3. The summed E-state index contributed by atoms with van der Waals surface area (Å²) in [7, 11) is -2.21. The summed E-state index contributed by atoms with van der Waals surface area (Å²) in [6.07, 6.45) is 0.601. The van der Waals surface area contributed by atoms with Gasteiger partial charge in [-0.25, -0.2) is 17.9 Å². The highest BCUT2D eigenvalue weighted by Gasteiger charge is 2.31. The Labute approximate surface area is 225 Å². The molecule has 0 unspecified atom stereocenters. The van der Waals surface area contributed by atoms with Crippen molar-refractivity contribution >= 4 is 33.3 Å². The van der Waals surface area contributed by atoms with E-state index in [9.17, 15) is 22.8 Å². The zero-order valence-electron chi connectivity index (χ0n) is 21.3. The molecule has 39 heavy (non-hydrogen) atoms. The van der Waals surface area contributed by atoms with Crippen molar-refractivity contribution in [2.45, 2.75) is 18.2 Å². The fourth-order valence-corrected chi connectivity index (χ4v) is 6.12. The monoisotopic (exact) mass is 546 g/mol. The van der Waals surface area contributed by atoms with Crippen LogP contribution in [0.2, 0.25) is 0 Å². The van der Waals surface area contributed by atoms with E-state index in [1.165, 1.54) is 33.3 Å². The van der Waals surface area contributed by atoms with Crippen molar-refractivity contribution in [1.29, 1.82) is 0 Å². The molecule has 0 aliphatic carbocycles. The molecule has 1 N–H and O–H groups in total. The van der Waals surface area contributed by atoms with Gasteiger partial charge in [-0.15, -0.1) is 0 Å². The number of nitrogens with one attached hydrogen (secondary N) is 1. The lowest BCUT2D eigenvalue weighted by atomic mass is 10.2. The summed E-state index contributed by atoms with van der Waals surface area (Å²) in [6.45, 7) is 1.34. The quantitative estimate of drug-likeness (QED) is 0.356. The second kappa shape index (κ2) is 10.3. The van der Waals surface area contributed by atoms with Crippen LogP contribution in [0.3, 0.4) is 0 Å². The Balaban J connectivity index is 1.28. The molecule has 2 heterocycles. The molecular weight excluding hydrogens is 520 g/mol. The normalized spacial score (nSPS) is 12.7. The third-order valence-electron chi connectivity index (χ3n) is 6.66. The van der Waals surface area contributed by atoms with Gasteiger partial charge in [-0.1, -0.05) is 42.5 Å². The van der Waals surface area contributed by atoms with Gasteiger partial charge in [0.2, 0.25) is 0 Å². The van der Waals surface area contributed by atoms with Gasteiger partial charge in [0.15, 0.2) is 6.61 Å². The van der Waals surface area contributed by atoms with Crippen LogP contribution in [-0.4, -0.2) is 42.8 Å². The molecule has 4 aromatic rings. The molecule has 1 amide bonds. The van der Waals surface area contributed by atoms with Gasteiger partial charge < -0.3 is 10.1 Å². The van der Waals surface area contributed by atoms with Crippen LogP contribution in [0.15, 0.2) is 88.6 Å². The lowest BCUT2D eigenvalue weighted by molar-refractivity contribution is -0.119. The number of hydrogen-bond donors (Lipinski definition) is 1. The van der Waals surface area contributed by atoms with Crippen molar-refractivity contribution in [1.82, 2.24) is 9.36 Å². The maximum Gasteiger partial charge on any atom is 0.338 e. The predicted molar refractivity (Wildman–Crippen MR) is 146 cm³/mol. The van der Waals surface area contributed by atoms with Crippen molar-refractivity contribution in [3.05, 3.63) is 106 Å². The molecule has 0 saturated heterocycles. The van der Waals surface area contributed by atoms with E-state index < -0.39 is 34.1 Å². The Morgan fingerprint density at radius 3 is 2.46 bits per heavy atom. The van der Waals surface area contributed by atoms with Crippen molar-refractivity contribution in [3.63, 3.8) is 0 Å². The van der Waals surface area contributed by atoms with Crippen LogP contribution in [0, 0.1) is 6.92 Å². The minimum absolute atomic E-state index is 0.0151. The van der Waals surface area contributed by atoms with Crippen LogP contribution in [0.5, 0.6) is 0 Å². The van der Waals surface area contributed by atoms with Gasteiger partial charge in [0, 0.05) is 13.6 Å². The van der Waals surface area contributed by atoms with Crippen LogP contribution in [0.25, 0.3) is 5.69 Å². The molecule has 10 nitrogen and oxygen atoms in total. The third kappa shape index (κ3) is 4.84. The van der Waals surface area contributed by atoms with Gasteiger partial charge in [0.05, 0.1) is 27.5 Å². The fourth-order valence-electron chi connectivity index (χ4n) is 4.57. The Morgan fingerprint density at radius 2 is 1.69 bits per heavy atom. The smallest absolute Gasteiger partial charge is 0.338 e. The number of anilines is 2. The highest BCUT2D eigenvalue weighted by molar-refractivity contribution is 7.92. The van der Waals surface area contributed by atoms with Crippen molar-refractivity contribution < 1.29 is 22.7 Å². The Hall–Kier alpha value is -4.64. The minimum Gasteiger partial charge on any atom is -0.452 e. The number of nitrogens with zero attached hydrogens (tertiary/aromatic N) is 3. The summed E-state index contributed by atoms with van der Waals surface area (Å²) in [5.41, 5.74) is 2.33. The number of hydrogen-bond acceptors (Lipinski definition) is 6. The molecule has 1 aliphatic rings. The first-order valence-corrected chi connectivity index (χ1v) is 13.6. The zero-order chi connectivity index (χ0) is 27.7. The summed E-state index contributed by atoms with van der Waals surface area (Å²) < 4.78 is 36.1. The van der Waals surface area contributed by atoms with Gasteiger partial charge in [-0.05, 0) is 55.3 Å². The van der Waals surface area contributed by atoms with E-state index in [-0.39, 0.29) is 16.1 Å². The molecule has 1 aliphatic heterocycles.